The van der Waals surface area contributed by atoms with Gasteiger partial charge in [0.2, 0.25) is 0 Å². The summed E-state index contributed by atoms with van der Waals surface area (Å²) in [6.07, 6.45) is 7.16. The van der Waals surface area contributed by atoms with Gasteiger partial charge in [-0.05, 0) is 11.5 Å². The highest BCUT2D eigenvalue weighted by atomic mass is 14.7. The Morgan fingerprint density at radius 2 is 2.00 bits per heavy atom. The lowest BCUT2D eigenvalue weighted by molar-refractivity contribution is 0.543. The lowest BCUT2D eigenvalue weighted by Crippen LogP contribution is -1.97. The molecule has 0 aliphatic heterocycles. The standard InChI is InChI=1S/C10H15N/c1-5-6-8-11-9-7-10(2,3)4/h6-9H,1H2,2-4H3/b9-7-,11-8?. The molecule has 0 aliphatic carbocycles. The summed E-state index contributed by atoms with van der Waals surface area (Å²) in [6.45, 7) is 9.79. The second-order valence-corrected chi connectivity index (χ2v) is 3.35. The van der Waals surface area contributed by atoms with E-state index in [1.807, 2.05) is 6.08 Å². The topological polar surface area (TPSA) is 12.4 Å². The van der Waals surface area contributed by atoms with Gasteiger partial charge in [-0.2, -0.15) is 0 Å². The van der Waals surface area contributed by atoms with Gasteiger partial charge in [0, 0.05) is 12.4 Å². The molecule has 0 bridgehead atoms. The molecular weight excluding hydrogens is 134 g/mol. The van der Waals surface area contributed by atoms with Crippen molar-refractivity contribution in [1.82, 2.24) is 0 Å². The largest absolute Gasteiger partial charge is 0.264 e. The molecule has 0 spiro atoms. The SMILES string of the molecule is C=C=CC=N/C=C\C(C)(C)C. The molecule has 0 saturated heterocycles. The number of aliphatic imine (C=N–C) groups is 1. The average molecular weight is 149 g/mol. The van der Waals surface area contributed by atoms with Crippen LogP contribution in [0.25, 0.3) is 0 Å². The Bertz CT molecular complexity index is 197. The molecule has 0 rings (SSSR count). The third-order valence-corrected chi connectivity index (χ3v) is 0.939. The average Bonchev–Trinajstić information content (AvgIpc) is 1.85. The first kappa shape index (κ1) is 9.93. The summed E-state index contributed by atoms with van der Waals surface area (Å²) in [4.78, 5) is 3.98. The Morgan fingerprint density at radius 3 is 2.45 bits per heavy atom. The van der Waals surface area contributed by atoms with Crippen LogP contribution >= 0.6 is 0 Å². The maximum absolute atomic E-state index is 3.98. The first-order valence-electron chi connectivity index (χ1n) is 3.61. The molecule has 0 N–H and O–H groups in total. The summed E-state index contributed by atoms with van der Waals surface area (Å²) in [5.74, 6) is 0. The normalized spacial score (nSPS) is 12.3. The van der Waals surface area contributed by atoms with E-state index in [4.69, 9.17) is 0 Å². The molecule has 0 aromatic heterocycles. The van der Waals surface area contributed by atoms with Crippen LogP contribution in [-0.4, -0.2) is 6.21 Å². The van der Waals surface area contributed by atoms with Crippen molar-refractivity contribution in [3.05, 3.63) is 30.7 Å². The predicted octanol–water partition coefficient (Wildman–Crippen LogP) is 2.96. The highest BCUT2D eigenvalue weighted by Crippen LogP contribution is 2.13. The van der Waals surface area contributed by atoms with E-state index in [1.54, 1.807) is 18.5 Å². The van der Waals surface area contributed by atoms with E-state index in [0.717, 1.165) is 0 Å². The van der Waals surface area contributed by atoms with Crippen molar-refractivity contribution in [3.63, 3.8) is 0 Å². The molecule has 0 saturated carbocycles. The maximum Gasteiger partial charge on any atom is 0.0344 e. The summed E-state index contributed by atoms with van der Waals surface area (Å²) >= 11 is 0. The van der Waals surface area contributed by atoms with Crippen LogP contribution < -0.4 is 0 Å². The molecule has 0 fully saturated rings. The Morgan fingerprint density at radius 1 is 1.36 bits per heavy atom. The van der Waals surface area contributed by atoms with Gasteiger partial charge < -0.3 is 0 Å². The molecule has 1 heteroatoms. The fraction of sp³-hybridized carbons (Fsp3) is 0.400. The van der Waals surface area contributed by atoms with Gasteiger partial charge in [0.1, 0.15) is 0 Å². The predicted molar refractivity (Wildman–Crippen MR) is 50.8 cm³/mol. The summed E-state index contributed by atoms with van der Waals surface area (Å²) in [5, 5.41) is 0. The monoisotopic (exact) mass is 149 g/mol. The van der Waals surface area contributed by atoms with Gasteiger partial charge in [-0.25, -0.2) is 0 Å². The van der Waals surface area contributed by atoms with Gasteiger partial charge in [0.05, 0.1) is 0 Å². The minimum atomic E-state index is 0.204. The molecule has 0 aromatic rings. The van der Waals surface area contributed by atoms with Crippen molar-refractivity contribution in [2.24, 2.45) is 10.4 Å². The smallest absolute Gasteiger partial charge is 0.0344 e. The molecule has 0 amide bonds. The van der Waals surface area contributed by atoms with Gasteiger partial charge in [-0.1, -0.05) is 33.4 Å². The van der Waals surface area contributed by atoms with Crippen molar-refractivity contribution in [2.75, 3.05) is 0 Å². The van der Waals surface area contributed by atoms with Crippen LogP contribution in [-0.2, 0) is 0 Å². The number of rotatable bonds is 2. The molecule has 0 heterocycles. The zero-order valence-electron chi connectivity index (χ0n) is 7.46. The fourth-order valence-electron chi connectivity index (χ4n) is 0.412. The Kier molecular flexibility index (Phi) is 4.24. The highest BCUT2D eigenvalue weighted by Gasteiger charge is 2.01. The van der Waals surface area contributed by atoms with Crippen molar-refractivity contribution in [3.8, 4) is 0 Å². The van der Waals surface area contributed by atoms with Crippen LogP contribution in [0, 0.1) is 5.41 Å². The summed E-state index contributed by atoms with van der Waals surface area (Å²) in [5.41, 5.74) is 2.81. The molecule has 0 aliphatic rings. The molecule has 1 nitrogen and oxygen atoms in total. The van der Waals surface area contributed by atoms with E-state index in [-0.39, 0.29) is 5.41 Å². The highest BCUT2D eigenvalue weighted by molar-refractivity contribution is 5.71. The van der Waals surface area contributed by atoms with Crippen LogP contribution in [0.3, 0.4) is 0 Å². The quantitative estimate of drug-likeness (QED) is 0.423. The minimum Gasteiger partial charge on any atom is -0.264 e. The molecule has 0 aromatic carbocycles. The van der Waals surface area contributed by atoms with E-state index < -0.39 is 0 Å². The van der Waals surface area contributed by atoms with Crippen LogP contribution in [0.2, 0.25) is 0 Å². The van der Waals surface area contributed by atoms with Crippen molar-refractivity contribution in [1.29, 1.82) is 0 Å². The minimum absolute atomic E-state index is 0.204. The van der Waals surface area contributed by atoms with Crippen molar-refractivity contribution < 1.29 is 0 Å². The Labute approximate surface area is 68.9 Å². The van der Waals surface area contributed by atoms with Crippen LogP contribution in [0.4, 0.5) is 0 Å². The van der Waals surface area contributed by atoms with Crippen LogP contribution in [0.15, 0.2) is 35.7 Å². The fourth-order valence-corrected chi connectivity index (χ4v) is 0.412. The zero-order valence-corrected chi connectivity index (χ0v) is 7.46. The van der Waals surface area contributed by atoms with Gasteiger partial charge >= 0.3 is 0 Å². The van der Waals surface area contributed by atoms with Gasteiger partial charge in [-0.15, -0.1) is 5.73 Å². The number of hydrogen-bond donors (Lipinski definition) is 0. The summed E-state index contributed by atoms with van der Waals surface area (Å²) in [7, 11) is 0. The lowest BCUT2D eigenvalue weighted by Gasteiger charge is -2.09. The molecular formula is C10H15N. The Hall–Kier alpha value is -1.07. The molecule has 0 unspecified atom stereocenters. The van der Waals surface area contributed by atoms with Gasteiger partial charge in [0.15, 0.2) is 0 Å². The third-order valence-electron chi connectivity index (χ3n) is 0.939. The number of hydrogen-bond acceptors (Lipinski definition) is 1. The number of allylic oxidation sites excluding steroid dienone is 2. The van der Waals surface area contributed by atoms with E-state index in [9.17, 15) is 0 Å². The molecule has 11 heavy (non-hydrogen) atoms. The summed E-state index contributed by atoms with van der Waals surface area (Å²) in [6, 6.07) is 0. The second kappa shape index (κ2) is 4.70. The molecule has 0 radical (unpaired) electrons. The Balaban J connectivity index is 3.87. The van der Waals surface area contributed by atoms with E-state index >= 15 is 0 Å². The maximum atomic E-state index is 3.98. The van der Waals surface area contributed by atoms with Crippen LogP contribution in [0.1, 0.15) is 20.8 Å². The zero-order chi connectivity index (χ0) is 8.74. The third kappa shape index (κ3) is 8.93. The molecule has 60 valence electrons. The summed E-state index contributed by atoms with van der Waals surface area (Å²) < 4.78 is 0. The van der Waals surface area contributed by atoms with Gasteiger partial charge in [0.25, 0.3) is 0 Å². The van der Waals surface area contributed by atoms with Gasteiger partial charge in [-0.3, -0.25) is 4.99 Å². The van der Waals surface area contributed by atoms with Crippen molar-refractivity contribution >= 4 is 6.21 Å². The van der Waals surface area contributed by atoms with Crippen LogP contribution in [0.5, 0.6) is 0 Å². The van der Waals surface area contributed by atoms with E-state index in [0.29, 0.717) is 0 Å². The van der Waals surface area contributed by atoms with E-state index in [1.165, 1.54) is 0 Å². The number of nitrogens with zero attached hydrogens (tertiary/aromatic N) is 1. The van der Waals surface area contributed by atoms with E-state index in [2.05, 4.69) is 38.1 Å². The van der Waals surface area contributed by atoms with Crippen molar-refractivity contribution in [2.45, 2.75) is 20.8 Å². The lowest BCUT2D eigenvalue weighted by atomic mass is 9.97. The first-order valence-corrected chi connectivity index (χ1v) is 3.61. The molecule has 0 atom stereocenters. The first-order chi connectivity index (χ1) is 5.06. The second-order valence-electron chi connectivity index (χ2n) is 3.35.